The molecule has 220 valence electrons. The Bertz CT molecular complexity index is 2090. The lowest BCUT2D eigenvalue weighted by Gasteiger charge is -2.18. The summed E-state index contributed by atoms with van der Waals surface area (Å²) in [6.07, 6.45) is 1.31. The third kappa shape index (κ3) is 5.49. The third-order valence-electron chi connectivity index (χ3n) is 7.01. The van der Waals surface area contributed by atoms with Crippen LogP contribution >= 0.6 is 43.2 Å². The average Bonchev–Trinajstić information content (AvgIpc) is 3.53. The number of thiazole rings is 1. The summed E-state index contributed by atoms with van der Waals surface area (Å²) < 4.78 is 46.7. The van der Waals surface area contributed by atoms with Crippen LogP contribution in [0.25, 0.3) is 38.2 Å². The number of hydrogen-bond acceptors (Lipinski definition) is 7. The van der Waals surface area contributed by atoms with Crippen molar-refractivity contribution in [3.05, 3.63) is 87.7 Å². The van der Waals surface area contributed by atoms with Gasteiger partial charge in [-0.1, -0.05) is 18.2 Å². The van der Waals surface area contributed by atoms with Crippen LogP contribution in [0.4, 0.5) is 19.0 Å². The fraction of sp³-hybridized carbons (Fsp3) is 0.172. The highest BCUT2D eigenvalue weighted by molar-refractivity contribution is 14.1. The van der Waals surface area contributed by atoms with Gasteiger partial charge in [0.2, 0.25) is 0 Å². The summed E-state index contributed by atoms with van der Waals surface area (Å²) in [5.41, 5.74) is 9.94. The smallest absolute Gasteiger partial charge is 0.329 e. The SMILES string of the molecule is Cc1csc2cc([C@H](C)n3nc(-c4ccc(OCC(F)(F)I)c(F)c4)c4c(N)ncnc43)c(-c3cccc(P)c3)c(=O)n12. The number of alkyl halides is 3. The van der Waals surface area contributed by atoms with Crippen LogP contribution < -0.4 is 21.3 Å². The van der Waals surface area contributed by atoms with Gasteiger partial charge in [0.05, 0.1) is 17.0 Å². The monoisotopic (exact) mass is 734 g/mol. The minimum atomic E-state index is -3.15. The van der Waals surface area contributed by atoms with Gasteiger partial charge in [0.1, 0.15) is 22.7 Å². The van der Waals surface area contributed by atoms with Crippen LogP contribution in [0, 0.1) is 12.7 Å². The van der Waals surface area contributed by atoms with E-state index in [2.05, 4.69) is 19.2 Å². The molecule has 43 heavy (non-hydrogen) atoms. The van der Waals surface area contributed by atoms with E-state index in [-0.39, 0.29) is 17.1 Å². The topological polar surface area (TPSA) is 100 Å². The first-order valence-electron chi connectivity index (χ1n) is 12.9. The number of pyridine rings is 1. The third-order valence-corrected chi connectivity index (χ3v) is 8.69. The molecule has 0 spiro atoms. The second kappa shape index (κ2) is 11.2. The summed E-state index contributed by atoms with van der Waals surface area (Å²) in [5.74, 6) is -1.03. The summed E-state index contributed by atoms with van der Waals surface area (Å²) >= 11 is 2.39. The minimum Gasteiger partial charge on any atom is -0.483 e. The number of aryl methyl sites for hydroxylation is 1. The highest BCUT2D eigenvalue weighted by Crippen LogP contribution is 2.37. The van der Waals surface area contributed by atoms with E-state index < -0.39 is 22.4 Å². The molecular weight excluding hydrogens is 711 g/mol. The maximum Gasteiger partial charge on any atom is 0.329 e. The maximum absolute atomic E-state index is 15.0. The molecule has 6 aromatic rings. The number of ether oxygens (including phenoxy) is 1. The minimum absolute atomic E-state index is 0.129. The van der Waals surface area contributed by atoms with Crippen LogP contribution in [0.5, 0.6) is 5.75 Å². The molecule has 0 aliphatic rings. The van der Waals surface area contributed by atoms with Crippen LogP contribution in [0.3, 0.4) is 0 Å². The maximum atomic E-state index is 15.0. The number of halogens is 4. The van der Waals surface area contributed by atoms with Crippen molar-refractivity contribution in [2.75, 3.05) is 12.3 Å². The van der Waals surface area contributed by atoms with Gasteiger partial charge in [-0.05, 0) is 60.6 Å². The Morgan fingerprint density at radius 2 is 1.95 bits per heavy atom. The lowest BCUT2D eigenvalue weighted by Crippen LogP contribution is -2.21. The molecule has 4 aromatic heterocycles. The molecule has 4 heterocycles. The van der Waals surface area contributed by atoms with Crippen molar-refractivity contribution in [3.8, 4) is 28.1 Å². The van der Waals surface area contributed by atoms with E-state index in [0.29, 0.717) is 33.4 Å². The Hall–Kier alpha value is -3.55. The zero-order valence-corrected chi connectivity index (χ0v) is 26.8. The van der Waals surface area contributed by atoms with Gasteiger partial charge in [0.25, 0.3) is 5.56 Å². The molecule has 1 unspecified atom stereocenters. The molecule has 8 nitrogen and oxygen atoms in total. The Morgan fingerprint density at radius 3 is 2.67 bits per heavy atom. The fourth-order valence-corrected chi connectivity index (χ4v) is 6.43. The average molecular weight is 734 g/mol. The zero-order chi connectivity index (χ0) is 30.6. The molecule has 6 rings (SSSR count). The van der Waals surface area contributed by atoms with Crippen LogP contribution in [0.1, 0.15) is 24.2 Å². The van der Waals surface area contributed by atoms with E-state index in [9.17, 15) is 13.6 Å². The summed E-state index contributed by atoms with van der Waals surface area (Å²) in [6, 6.07) is 13.0. The van der Waals surface area contributed by atoms with Crippen molar-refractivity contribution in [1.82, 2.24) is 24.1 Å². The van der Waals surface area contributed by atoms with Crippen LogP contribution in [-0.4, -0.2) is 34.7 Å². The number of benzene rings is 2. The van der Waals surface area contributed by atoms with Gasteiger partial charge >= 0.3 is 3.93 Å². The Morgan fingerprint density at radius 1 is 1.16 bits per heavy atom. The second-order valence-corrected chi connectivity index (χ2v) is 13.1. The lowest BCUT2D eigenvalue weighted by atomic mass is 9.97. The van der Waals surface area contributed by atoms with E-state index >= 15 is 4.39 Å². The molecular formula is C29H23F3IN6O2PS. The molecule has 0 saturated heterocycles. The zero-order valence-electron chi connectivity index (χ0n) is 22.7. The first kappa shape index (κ1) is 29.5. The number of nitrogens with zero attached hydrogens (tertiary/aromatic N) is 5. The number of hydrogen-bond donors (Lipinski definition) is 1. The van der Waals surface area contributed by atoms with Crippen molar-refractivity contribution in [3.63, 3.8) is 0 Å². The lowest BCUT2D eigenvalue weighted by molar-refractivity contribution is 0.0629. The Labute approximate surface area is 263 Å². The number of fused-ring (bicyclic) bond motifs is 2. The van der Waals surface area contributed by atoms with Gasteiger partial charge < -0.3 is 10.5 Å². The molecule has 0 aliphatic carbocycles. The predicted octanol–water partition coefficient (Wildman–Crippen LogP) is 6.38. The van der Waals surface area contributed by atoms with E-state index in [0.717, 1.165) is 50.0 Å². The standard InChI is InChI=1S/C29H23F3IN6O2PS/c1-14-11-43-22-10-19(23(28(40)38(14)22)16-4-3-5-18(42)8-16)15(2)39-27-24(26(34)35-13-36-27)25(37-39)17-6-7-21(20(30)9-17)41-12-29(31,32)33/h3-11,13,15H,12,42H2,1-2H3,(H2,34,35,36)/t15-/m0/s1. The van der Waals surface area contributed by atoms with E-state index in [1.807, 2.05) is 49.6 Å². The summed E-state index contributed by atoms with van der Waals surface area (Å²) in [4.78, 5) is 23.4. The molecule has 0 radical (unpaired) electrons. The largest absolute Gasteiger partial charge is 0.483 e. The van der Waals surface area contributed by atoms with Gasteiger partial charge in [0.15, 0.2) is 23.8 Å². The quantitative estimate of drug-likeness (QED) is 0.116. The summed E-state index contributed by atoms with van der Waals surface area (Å²) in [7, 11) is 2.65. The number of nitrogens with two attached hydrogens (primary N) is 1. The number of anilines is 1. The molecule has 2 atom stereocenters. The Kier molecular flexibility index (Phi) is 7.68. The van der Waals surface area contributed by atoms with Crippen molar-refractivity contribution in [1.29, 1.82) is 0 Å². The first-order chi connectivity index (χ1) is 20.4. The second-order valence-electron chi connectivity index (χ2n) is 9.93. The van der Waals surface area contributed by atoms with Gasteiger partial charge in [-0.3, -0.25) is 9.20 Å². The van der Waals surface area contributed by atoms with Gasteiger partial charge in [0, 0.05) is 39.2 Å². The Balaban J connectivity index is 1.53. The molecule has 2 N–H and O–H groups in total. The molecule has 14 heteroatoms. The van der Waals surface area contributed by atoms with Gasteiger partial charge in [-0.15, -0.1) is 20.6 Å². The fourth-order valence-electron chi connectivity index (χ4n) is 5.06. The van der Waals surface area contributed by atoms with Crippen LogP contribution in [0.15, 0.2) is 65.0 Å². The van der Waals surface area contributed by atoms with E-state index in [1.54, 1.807) is 9.08 Å². The molecule has 0 aliphatic heterocycles. The van der Waals surface area contributed by atoms with Gasteiger partial charge in [-0.25, -0.2) is 19.0 Å². The normalized spacial score (nSPS) is 12.7. The number of rotatable bonds is 7. The molecule has 0 fully saturated rings. The van der Waals surface area contributed by atoms with Gasteiger partial charge in [-0.2, -0.15) is 13.9 Å². The van der Waals surface area contributed by atoms with E-state index in [1.165, 1.54) is 29.8 Å². The van der Waals surface area contributed by atoms with Crippen molar-refractivity contribution < 1.29 is 17.9 Å². The predicted molar refractivity (Wildman–Crippen MR) is 174 cm³/mol. The van der Waals surface area contributed by atoms with E-state index in [4.69, 9.17) is 15.6 Å². The van der Waals surface area contributed by atoms with Crippen molar-refractivity contribution >= 4 is 70.2 Å². The first-order valence-corrected chi connectivity index (χ1v) is 15.4. The van der Waals surface area contributed by atoms with Crippen LogP contribution in [0.2, 0.25) is 0 Å². The number of aromatic nitrogens is 5. The molecule has 0 amide bonds. The van der Waals surface area contributed by atoms with Crippen molar-refractivity contribution in [2.24, 2.45) is 0 Å². The highest BCUT2D eigenvalue weighted by atomic mass is 127. The van der Waals surface area contributed by atoms with Crippen LogP contribution in [-0.2, 0) is 0 Å². The highest BCUT2D eigenvalue weighted by Gasteiger charge is 2.27. The number of nitrogen functional groups attached to an aromatic ring is 1. The molecule has 0 saturated carbocycles. The van der Waals surface area contributed by atoms with Crippen molar-refractivity contribution in [2.45, 2.75) is 23.8 Å². The molecule has 2 aromatic carbocycles. The molecule has 0 bridgehead atoms. The summed E-state index contributed by atoms with van der Waals surface area (Å²) in [5, 5.41) is 8.06. The summed E-state index contributed by atoms with van der Waals surface area (Å²) in [6.45, 7) is 2.81.